The molecule has 13 heteroatoms. The summed E-state index contributed by atoms with van der Waals surface area (Å²) in [4.78, 5) is 11.3. The average Bonchev–Trinajstić information content (AvgIpc) is 3.21. The number of ether oxygens (including phenoxy) is 1. The van der Waals surface area contributed by atoms with Gasteiger partial charge in [0.1, 0.15) is 11.5 Å². The highest BCUT2D eigenvalue weighted by molar-refractivity contribution is 7.88. The lowest BCUT2D eigenvalue weighted by Crippen LogP contribution is -2.35. The Morgan fingerprint density at radius 3 is 2.64 bits per heavy atom. The largest absolute Gasteiger partial charge is 0.490 e. The van der Waals surface area contributed by atoms with E-state index in [1.165, 1.54) is 0 Å². The zero-order valence-electron chi connectivity index (χ0n) is 15.2. The number of alkyl halides is 3. The number of rotatable bonds is 5. The lowest BCUT2D eigenvalue weighted by atomic mass is 10.0. The molecule has 3 rings (SSSR count). The lowest BCUT2D eigenvalue weighted by molar-refractivity contribution is -0.192. The molecule has 1 unspecified atom stereocenters. The first-order chi connectivity index (χ1) is 13.0. The van der Waals surface area contributed by atoms with Crippen LogP contribution in [0, 0.1) is 5.92 Å². The third kappa shape index (κ3) is 7.04. The first-order valence-corrected chi connectivity index (χ1v) is 10.4. The van der Waals surface area contributed by atoms with Crippen molar-refractivity contribution in [1.82, 2.24) is 14.8 Å². The number of halogens is 3. The minimum absolute atomic E-state index is 0.193. The molecule has 0 radical (unpaired) electrons. The molecule has 2 aliphatic heterocycles. The smallest absolute Gasteiger partial charge is 0.475 e. The van der Waals surface area contributed by atoms with Crippen molar-refractivity contribution >= 4 is 16.0 Å². The number of sulfonamides is 1. The highest BCUT2D eigenvalue weighted by atomic mass is 32.2. The van der Waals surface area contributed by atoms with Gasteiger partial charge in [-0.15, -0.1) is 0 Å². The van der Waals surface area contributed by atoms with Crippen LogP contribution < -0.4 is 4.72 Å². The predicted octanol–water partition coefficient (Wildman–Crippen LogP) is 0.752. The molecule has 160 valence electrons. The molecule has 0 saturated carbocycles. The van der Waals surface area contributed by atoms with Crippen LogP contribution in [0.5, 0.6) is 0 Å². The Hall–Kier alpha value is -1.70. The van der Waals surface area contributed by atoms with E-state index < -0.39 is 22.2 Å². The van der Waals surface area contributed by atoms with Crippen LogP contribution in [0.4, 0.5) is 13.2 Å². The second-order valence-electron chi connectivity index (χ2n) is 6.64. The molecular weight excluding hydrogens is 407 g/mol. The van der Waals surface area contributed by atoms with Crippen molar-refractivity contribution in [2.24, 2.45) is 5.92 Å². The number of aromatic nitrogens is 1. The lowest BCUT2D eigenvalue weighted by Gasteiger charge is -2.28. The van der Waals surface area contributed by atoms with Crippen molar-refractivity contribution in [3.8, 4) is 0 Å². The van der Waals surface area contributed by atoms with E-state index in [-0.39, 0.29) is 6.54 Å². The second kappa shape index (κ2) is 9.20. The summed E-state index contributed by atoms with van der Waals surface area (Å²) in [6, 6.07) is 0. The SMILES string of the molecule is CS(=O)(=O)NCc1noc2c1CN(CC1CCOC1)CC2.O=C(O)C(F)(F)F. The molecule has 0 spiro atoms. The summed E-state index contributed by atoms with van der Waals surface area (Å²) in [6.45, 7) is 4.64. The predicted molar refractivity (Wildman–Crippen MR) is 89.8 cm³/mol. The van der Waals surface area contributed by atoms with Crippen molar-refractivity contribution < 1.29 is 40.8 Å². The Balaban J connectivity index is 0.000000345. The van der Waals surface area contributed by atoms with Crippen LogP contribution in [0.1, 0.15) is 23.4 Å². The number of carbonyl (C=O) groups is 1. The molecule has 1 aromatic heterocycles. The number of nitrogens with one attached hydrogen (secondary N) is 1. The number of aliphatic carboxylic acids is 1. The fraction of sp³-hybridized carbons (Fsp3) is 0.733. The topological polar surface area (TPSA) is 122 Å². The molecule has 1 atom stereocenters. The van der Waals surface area contributed by atoms with Gasteiger partial charge in [-0.1, -0.05) is 5.16 Å². The fourth-order valence-electron chi connectivity index (χ4n) is 2.91. The summed E-state index contributed by atoms with van der Waals surface area (Å²) >= 11 is 0. The van der Waals surface area contributed by atoms with Crippen LogP contribution in [-0.2, 0) is 39.1 Å². The van der Waals surface area contributed by atoms with Gasteiger partial charge in [-0.2, -0.15) is 13.2 Å². The Labute approximate surface area is 159 Å². The number of hydrogen-bond donors (Lipinski definition) is 2. The molecule has 1 fully saturated rings. The molecule has 0 aliphatic carbocycles. The summed E-state index contributed by atoms with van der Waals surface area (Å²) in [5, 5.41) is 11.1. The van der Waals surface area contributed by atoms with Crippen molar-refractivity contribution in [3.63, 3.8) is 0 Å². The third-order valence-electron chi connectivity index (χ3n) is 4.27. The first-order valence-electron chi connectivity index (χ1n) is 8.47. The highest BCUT2D eigenvalue weighted by Gasteiger charge is 2.38. The highest BCUT2D eigenvalue weighted by Crippen LogP contribution is 2.24. The number of carboxylic acid groups (broad SMARTS) is 1. The average molecular weight is 429 g/mol. The number of carboxylic acids is 1. The summed E-state index contributed by atoms with van der Waals surface area (Å²) < 4.78 is 67.4. The molecule has 1 saturated heterocycles. The molecular formula is C15H22F3N3O6S. The fourth-order valence-corrected chi connectivity index (χ4v) is 3.31. The Morgan fingerprint density at radius 2 is 2.11 bits per heavy atom. The van der Waals surface area contributed by atoms with E-state index in [9.17, 15) is 21.6 Å². The second-order valence-corrected chi connectivity index (χ2v) is 8.47. The molecule has 3 heterocycles. The Kier molecular flexibility index (Phi) is 7.42. The molecule has 2 N–H and O–H groups in total. The Bertz CT molecular complexity index is 774. The maximum absolute atomic E-state index is 11.2. The number of fused-ring (bicyclic) bond motifs is 1. The van der Waals surface area contributed by atoms with Crippen molar-refractivity contribution in [3.05, 3.63) is 17.0 Å². The van der Waals surface area contributed by atoms with Crippen LogP contribution >= 0.6 is 0 Å². The van der Waals surface area contributed by atoms with Gasteiger partial charge in [0.2, 0.25) is 10.0 Å². The zero-order valence-corrected chi connectivity index (χ0v) is 16.0. The zero-order chi connectivity index (χ0) is 20.9. The quantitative estimate of drug-likeness (QED) is 0.703. The van der Waals surface area contributed by atoms with E-state index in [0.29, 0.717) is 11.6 Å². The first kappa shape index (κ1) is 22.6. The number of nitrogens with zero attached hydrogens (tertiary/aromatic N) is 2. The van der Waals surface area contributed by atoms with Crippen LogP contribution in [-0.4, -0.2) is 68.3 Å². The van der Waals surface area contributed by atoms with Crippen LogP contribution in [0.2, 0.25) is 0 Å². The van der Waals surface area contributed by atoms with Gasteiger partial charge in [0.25, 0.3) is 0 Å². The molecule has 2 aliphatic rings. The minimum Gasteiger partial charge on any atom is -0.475 e. The van der Waals surface area contributed by atoms with Crippen molar-refractivity contribution in [1.29, 1.82) is 0 Å². The Morgan fingerprint density at radius 1 is 1.43 bits per heavy atom. The van der Waals surface area contributed by atoms with Gasteiger partial charge in [-0.3, -0.25) is 4.90 Å². The molecule has 1 aromatic rings. The van der Waals surface area contributed by atoms with Gasteiger partial charge in [0.15, 0.2) is 0 Å². The van der Waals surface area contributed by atoms with E-state index in [0.717, 1.165) is 63.3 Å². The van der Waals surface area contributed by atoms with Crippen LogP contribution in [0.15, 0.2) is 4.52 Å². The summed E-state index contributed by atoms with van der Waals surface area (Å²) in [6.07, 6.45) is -1.99. The molecule has 9 nitrogen and oxygen atoms in total. The van der Waals surface area contributed by atoms with Gasteiger partial charge in [0, 0.05) is 38.2 Å². The van der Waals surface area contributed by atoms with Crippen LogP contribution in [0.25, 0.3) is 0 Å². The van der Waals surface area contributed by atoms with E-state index in [4.69, 9.17) is 19.2 Å². The number of hydrogen-bond acceptors (Lipinski definition) is 7. The summed E-state index contributed by atoms with van der Waals surface area (Å²) in [7, 11) is -3.22. The molecule has 28 heavy (non-hydrogen) atoms. The molecule has 0 bridgehead atoms. The van der Waals surface area contributed by atoms with Crippen molar-refractivity contribution in [2.45, 2.75) is 32.1 Å². The van der Waals surface area contributed by atoms with E-state index in [2.05, 4.69) is 14.8 Å². The van der Waals surface area contributed by atoms with Gasteiger partial charge >= 0.3 is 12.1 Å². The summed E-state index contributed by atoms with van der Waals surface area (Å²) in [5.41, 5.74) is 1.74. The van der Waals surface area contributed by atoms with Gasteiger partial charge in [-0.05, 0) is 12.3 Å². The van der Waals surface area contributed by atoms with Gasteiger partial charge in [0.05, 0.1) is 19.4 Å². The van der Waals surface area contributed by atoms with E-state index in [1.54, 1.807) is 0 Å². The third-order valence-corrected chi connectivity index (χ3v) is 4.94. The maximum atomic E-state index is 11.2. The molecule has 0 aromatic carbocycles. The molecule has 0 amide bonds. The van der Waals surface area contributed by atoms with Crippen molar-refractivity contribution in [2.75, 3.05) is 32.6 Å². The van der Waals surface area contributed by atoms with E-state index in [1.807, 2.05) is 0 Å². The van der Waals surface area contributed by atoms with Crippen LogP contribution in [0.3, 0.4) is 0 Å². The summed E-state index contributed by atoms with van der Waals surface area (Å²) in [5.74, 6) is -1.27. The van der Waals surface area contributed by atoms with Gasteiger partial charge < -0.3 is 14.4 Å². The normalized spacial score (nSPS) is 20.4. The maximum Gasteiger partial charge on any atom is 0.490 e. The standard InChI is InChI=1S/C13H21N3O4S.C2HF3O2/c1-21(17,18)14-6-12-11-8-16(4-2-13(11)20-15-12)7-10-3-5-19-9-10;3-2(4,5)1(6)7/h10,14H,2-9H2,1H3;(H,6,7). The van der Waals surface area contributed by atoms with Gasteiger partial charge in [-0.25, -0.2) is 17.9 Å². The van der Waals surface area contributed by atoms with E-state index >= 15 is 0 Å². The minimum atomic E-state index is -5.08. The monoisotopic (exact) mass is 429 g/mol.